The molecule has 0 radical (unpaired) electrons. The Hall–Kier alpha value is -0.870. The Morgan fingerprint density at radius 2 is 2.31 bits per heavy atom. The van der Waals surface area contributed by atoms with Gasteiger partial charge in [-0.3, -0.25) is 0 Å². The second-order valence-electron chi connectivity index (χ2n) is 3.19. The number of rotatable bonds is 5. The lowest BCUT2D eigenvalue weighted by Crippen LogP contribution is -2.08. The van der Waals surface area contributed by atoms with Gasteiger partial charge in [-0.1, -0.05) is 17.7 Å². The highest BCUT2D eigenvalue weighted by molar-refractivity contribution is 7.98. The lowest BCUT2D eigenvalue weighted by Gasteiger charge is -2.07. The van der Waals surface area contributed by atoms with E-state index in [0.29, 0.717) is 17.9 Å². The Morgan fingerprint density at radius 1 is 1.56 bits per heavy atom. The van der Waals surface area contributed by atoms with Crippen molar-refractivity contribution in [3.8, 4) is 0 Å². The van der Waals surface area contributed by atoms with Crippen molar-refractivity contribution in [3.63, 3.8) is 0 Å². The van der Waals surface area contributed by atoms with Crippen molar-refractivity contribution in [2.24, 2.45) is 0 Å². The van der Waals surface area contributed by atoms with Crippen molar-refractivity contribution >= 4 is 35.0 Å². The Kier molecular flexibility index (Phi) is 5.49. The number of hydrogen-bond donors (Lipinski definition) is 1. The van der Waals surface area contributed by atoms with E-state index in [1.807, 2.05) is 6.26 Å². The fourth-order valence-corrected chi connectivity index (χ4v) is 1.76. The average molecular weight is 260 g/mol. The maximum Gasteiger partial charge on any atom is 0.339 e. The predicted molar refractivity (Wildman–Crippen MR) is 69.1 cm³/mol. The third kappa shape index (κ3) is 3.61. The number of thioether (sulfide) groups is 1. The van der Waals surface area contributed by atoms with Gasteiger partial charge >= 0.3 is 5.97 Å². The number of benzene rings is 1. The summed E-state index contributed by atoms with van der Waals surface area (Å²) in [6, 6.07) is 4.93. The first-order chi connectivity index (χ1) is 7.66. The molecule has 0 saturated heterocycles. The summed E-state index contributed by atoms with van der Waals surface area (Å²) in [5, 5.41) is 0.261. The summed E-state index contributed by atoms with van der Waals surface area (Å²) in [6.45, 7) is 0.408. The third-order valence-electron chi connectivity index (χ3n) is 1.97. The third-order valence-corrected chi connectivity index (χ3v) is 3.09. The molecule has 16 heavy (non-hydrogen) atoms. The van der Waals surface area contributed by atoms with Gasteiger partial charge in [0.05, 0.1) is 22.9 Å². The van der Waals surface area contributed by atoms with Crippen LogP contribution in [-0.2, 0) is 4.74 Å². The molecular weight excluding hydrogens is 246 g/mol. The minimum atomic E-state index is -0.418. The summed E-state index contributed by atoms with van der Waals surface area (Å²) < 4.78 is 5.07. The zero-order valence-electron chi connectivity index (χ0n) is 9.03. The molecule has 0 unspecified atom stereocenters. The highest BCUT2D eigenvalue weighted by Gasteiger charge is 2.12. The van der Waals surface area contributed by atoms with Crippen molar-refractivity contribution in [1.82, 2.24) is 0 Å². The van der Waals surface area contributed by atoms with Gasteiger partial charge in [0, 0.05) is 0 Å². The maximum atomic E-state index is 11.6. The molecule has 0 aliphatic heterocycles. The molecule has 3 nitrogen and oxygen atoms in total. The first-order valence-corrected chi connectivity index (χ1v) is 6.64. The molecule has 0 atom stereocenters. The van der Waals surface area contributed by atoms with Gasteiger partial charge in [-0.15, -0.1) is 0 Å². The number of hydrogen-bond acceptors (Lipinski definition) is 4. The van der Waals surface area contributed by atoms with Crippen LogP contribution in [0.15, 0.2) is 18.2 Å². The van der Waals surface area contributed by atoms with E-state index in [0.717, 1.165) is 12.2 Å². The number of nitrogens with two attached hydrogens (primary N) is 1. The van der Waals surface area contributed by atoms with Crippen LogP contribution in [0.5, 0.6) is 0 Å². The van der Waals surface area contributed by atoms with Crippen molar-refractivity contribution in [2.75, 3.05) is 24.3 Å². The number of halogens is 1. The fourth-order valence-electron chi connectivity index (χ4n) is 1.15. The van der Waals surface area contributed by atoms with Crippen LogP contribution in [0, 0.1) is 0 Å². The Balaban J connectivity index is 2.56. The molecular formula is C11H14ClNO2S. The van der Waals surface area contributed by atoms with E-state index >= 15 is 0 Å². The predicted octanol–water partition coefficient (Wildman–Crippen LogP) is 2.83. The van der Waals surface area contributed by atoms with E-state index in [9.17, 15) is 4.79 Å². The van der Waals surface area contributed by atoms with Gasteiger partial charge < -0.3 is 10.5 Å². The highest BCUT2D eigenvalue weighted by Crippen LogP contribution is 2.23. The molecule has 0 heterocycles. The van der Waals surface area contributed by atoms with E-state index in [-0.39, 0.29) is 5.02 Å². The van der Waals surface area contributed by atoms with Crippen LogP contribution in [0.1, 0.15) is 16.8 Å². The van der Waals surface area contributed by atoms with Crippen LogP contribution >= 0.6 is 23.4 Å². The first kappa shape index (κ1) is 13.2. The Bertz CT molecular complexity index is 371. The second kappa shape index (κ2) is 6.66. The van der Waals surface area contributed by atoms with Crippen molar-refractivity contribution < 1.29 is 9.53 Å². The van der Waals surface area contributed by atoms with Gasteiger partial charge in [-0.25, -0.2) is 4.79 Å². The summed E-state index contributed by atoms with van der Waals surface area (Å²) in [7, 11) is 0. The lowest BCUT2D eigenvalue weighted by molar-refractivity contribution is 0.0506. The molecule has 1 aromatic carbocycles. The smallest absolute Gasteiger partial charge is 0.339 e. The Labute approximate surface area is 104 Å². The van der Waals surface area contributed by atoms with Gasteiger partial charge in [-0.2, -0.15) is 11.8 Å². The van der Waals surface area contributed by atoms with Crippen LogP contribution in [0.25, 0.3) is 0 Å². The van der Waals surface area contributed by atoms with Gasteiger partial charge in [0.2, 0.25) is 0 Å². The molecule has 0 saturated carbocycles. The van der Waals surface area contributed by atoms with E-state index in [1.165, 1.54) is 0 Å². The molecule has 1 aromatic rings. The molecule has 5 heteroatoms. The Morgan fingerprint density at radius 3 is 3.00 bits per heavy atom. The second-order valence-corrected chi connectivity index (χ2v) is 4.55. The fraction of sp³-hybridized carbons (Fsp3) is 0.364. The molecule has 0 aliphatic rings. The molecule has 0 aromatic heterocycles. The van der Waals surface area contributed by atoms with Crippen LogP contribution in [-0.4, -0.2) is 24.6 Å². The number of ether oxygens (including phenoxy) is 1. The molecule has 0 amide bonds. The number of carbonyl (C=O) groups excluding carboxylic acids is 1. The SMILES string of the molecule is CSCCCOC(=O)c1cccc(N)c1Cl. The monoisotopic (exact) mass is 259 g/mol. The van der Waals surface area contributed by atoms with Gasteiger partial charge in [0.1, 0.15) is 0 Å². The quantitative estimate of drug-likeness (QED) is 0.502. The summed E-state index contributed by atoms with van der Waals surface area (Å²) in [4.78, 5) is 11.6. The number of carbonyl (C=O) groups is 1. The molecule has 1 rings (SSSR count). The van der Waals surface area contributed by atoms with Gasteiger partial charge in [-0.05, 0) is 30.6 Å². The van der Waals surface area contributed by atoms with Crippen LogP contribution in [0.4, 0.5) is 5.69 Å². The lowest BCUT2D eigenvalue weighted by atomic mass is 10.2. The van der Waals surface area contributed by atoms with Crippen LogP contribution in [0.3, 0.4) is 0 Å². The topological polar surface area (TPSA) is 52.3 Å². The normalized spacial score (nSPS) is 10.1. The standard InChI is InChI=1S/C11H14ClNO2S/c1-16-7-3-6-15-11(14)8-4-2-5-9(13)10(8)12/h2,4-5H,3,6-7,13H2,1H3. The summed E-state index contributed by atoms with van der Waals surface area (Å²) >= 11 is 7.62. The van der Waals surface area contributed by atoms with E-state index in [4.69, 9.17) is 22.1 Å². The summed E-state index contributed by atoms with van der Waals surface area (Å²) in [5.41, 5.74) is 6.31. The van der Waals surface area contributed by atoms with Crippen LogP contribution in [0.2, 0.25) is 5.02 Å². The van der Waals surface area contributed by atoms with Gasteiger partial charge in [0.15, 0.2) is 0 Å². The summed E-state index contributed by atoms with van der Waals surface area (Å²) in [5.74, 6) is 0.552. The molecule has 0 spiro atoms. The van der Waals surface area contributed by atoms with Crippen molar-refractivity contribution in [3.05, 3.63) is 28.8 Å². The highest BCUT2D eigenvalue weighted by atomic mass is 35.5. The number of anilines is 1. The zero-order chi connectivity index (χ0) is 12.0. The maximum absolute atomic E-state index is 11.6. The minimum absolute atomic E-state index is 0.261. The van der Waals surface area contributed by atoms with Crippen LogP contribution < -0.4 is 5.73 Å². The molecule has 0 fully saturated rings. The van der Waals surface area contributed by atoms with Crippen molar-refractivity contribution in [1.29, 1.82) is 0 Å². The molecule has 88 valence electrons. The molecule has 2 N–H and O–H groups in total. The zero-order valence-corrected chi connectivity index (χ0v) is 10.6. The summed E-state index contributed by atoms with van der Waals surface area (Å²) in [6.07, 6.45) is 2.85. The minimum Gasteiger partial charge on any atom is -0.462 e. The van der Waals surface area contributed by atoms with E-state index < -0.39 is 5.97 Å². The van der Waals surface area contributed by atoms with Crippen molar-refractivity contribution in [2.45, 2.75) is 6.42 Å². The number of esters is 1. The van der Waals surface area contributed by atoms with E-state index in [2.05, 4.69) is 0 Å². The molecule has 0 bridgehead atoms. The molecule has 0 aliphatic carbocycles. The average Bonchev–Trinajstić information content (AvgIpc) is 2.28. The van der Waals surface area contributed by atoms with E-state index in [1.54, 1.807) is 30.0 Å². The number of nitrogen functional groups attached to an aromatic ring is 1. The largest absolute Gasteiger partial charge is 0.462 e. The first-order valence-electron chi connectivity index (χ1n) is 4.87. The van der Waals surface area contributed by atoms with Gasteiger partial charge in [0.25, 0.3) is 0 Å².